The van der Waals surface area contributed by atoms with Crippen LogP contribution in [0.3, 0.4) is 0 Å². The number of esters is 1. The minimum Gasteiger partial charge on any atom is -0.488 e. The fourth-order valence-electron chi connectivity index (χ4n) is 1.49. The van der Waals surface area contributed by atoms with Gasteiger partial charge >= 0.3 is 5.97 Å². The summed E-state index contributed by atoms with van der Waals surface area (Å²) < 4.78 is 16.0. The minimum atomic E-state index is -0.463. The van der Waals surface area contributed by atoms with Crippen LogP contribution in [0.25, 0.3) is 0 Å². The van der Waals surface area contributed by atoms with Crippen LogP contribution in [-0.2, 0) is 14.3 Å². The first-order valence-electron chi connectivity index (χ1n) is 6.82. The van der Waals surface area contributed by atoms with E-state index in [0.717, 1.165) is 5.56 Å². The average molecular weight is 316 g/mol. The van der Waals surface area contributed by atoms with Gasteiger partial charge in [-0.2, -0.15) is 0 Å². The normalized spacial score (nSPS) is 11.3. The van der Waals surface area contributed by atoms with E-state index in [1.807, 2.05) is 33.8 Å². The van der Waals surface area contributed by atoms with Crippen LogP contribution in [0.2, 0.25) is 5.15 Å². The van der Waals surface area contributed by atoms with Crippen LogP contribution >= 0.6 is 11.6 Å². The van der Waals surface area contributed by atoms with Crippen molar-refractivity contribution in [1.82, 2.24) is 4.98 Å². The predicted molar refractivity (Wildman–Crippen MR) is 80.8 cm³/mol. The SMILES string of the molecule is Cc1cnc(Cl)c(OCCOCCC(=O)OC(C)(C)C)c1. The molecule has 118 valence electrons. The Morgan fingerprint density at radius 3 is 2.67 bits per heavy atom. The van der Waals surface area contributed by atoms with Crippen molar-refractivity contribution < 1.29 is 19.0 Å². The number of aryl methyl sites for hydroxylation is 1. The first kappa shape index (κ1) is 17.7. The first-order valence-corrected chi connectivity index (χ1v) is 7.20. The van der Waals surface area contributed by atoms with Crippen LogP contribution in [0.15, 0.2) is 12.3 Å². The molecule has 0 aromatic carbocycles. The second-order valence-electron chi connectivity index (χ2n) is 5.60. The van der Waals surface area contributed by atoms with Crippen LogP contribution in [0, 0.1) is 6.92 Å². The maximum Gasteiger partial charge on any atom is 0.308 e. The summed E-state index contributed by atoms with van der Waals surface area (Å²) in [5, 5.41) is 0.328. The number of ether oxygens (including phenoxy) is 3. The lowest BCUT2D eigenvalue weighted by Crippen LogP contribution is -2.24. The molecule has 0 radical (unpaired) electrons. The summed E-state index contributed by atoms with van der Waals surface area (Å²) in [7, 11) is 0. The number of pyridine rings is 1. The van der Waals surface area contributed by atoms with Gasteiger partial charge in [0.05, 0.1) is 19.6 Å². The van der Waals surface area contributed by atoms with Crippen LogP contribution in [0.4, 0.5) is 0 Å². The van der Waals surface area contributed by atoms with Crippen LogP contribution in [0.1, 0.15) is 32.8 Å². The molecule has 0 fully saturated rings. The number of carbonyl (C=O) groups is 1. The van der Waals surface area contributed by atoms with Gasteiger partial charge < -0.3 is 14.2 Å². The highest BCUT2D eigenvalue weighted by Crippen LogP contribution is 2.22. The van der Waals surface area contributed by atoms with E-state index in [2.05, 4.69) is 4.98 Å². The summed E-state index contributed by atoms with van der Waals surface area (Å²) in [6.07, 6.45) is 1.90. The standard InChI is InChI=1S/C15H22ClNO4/c1-11-9-12(14(16)17-10-11)20-8-7-19-6-5-13(18)21-15(2,3)4/h9-10H,5-8H2,1-4H3. The Hall–Kier alpha value is -1.33. The molecule has 0 saturated heterocycles. The molecule has 21 heavy (non-hydrogen) atoms. The number of aromatic nitrogens is 1. The monoisotopic (exact) mass is 315 g/mol. The third kappa shape index (κ3) is 7.87. The number of nitrogens with zero attached hydrogens (tertiary/aromatic N) is 1. The molecule has 0 unspecified atom stereocenters. The van der Waals surface area contributed by atoms with E-state index in [9.17, 15) is 4.79 Å². The number of hydrogen-bond acceptors (Lipinski definition) is 5. The lowest BCUT2D eigenvalue weighted by molar-refractivity contribution is -0.156. The molecule has 1 rings (SSSR count). The van der Waals surface area contributed by atoms with E-state index < -0.39 is 5.60 Å². The van der Waals surface area contributed by atoms with E-state index in [-0.39, 0.29) is 12.4 Å². The smallest absolute Gasteiger partial charge is 0.308 e. The molecule has 0 aliphatic heterocycles. The van der Waals surface area contributed by atoms with Gasteiger partial charge in [0.1, 0.15) is 12.2 Å². The highest BCUT2D eigenvalue weighted by molar-refractivity contribution is 6.30. The molecule has 0 aliphatic rings. The van der Waals surface area contributed by atoms with Gasteiger partial charge in [-0.1, -0.05) is 11.6 Å². The Balaban J connectivity index is 2.15. The molecule has 0 aliphatic carbocycles. The van der Waals surface area contributed by atoms with Gasteiger partial charge in [-0.15, -0.1) is 0 Å². The molecule has 0 N–H and O–H groups in total. The summed E-state index contributed by atoms with van der Waals surface area (Å²) in [4.78, 5) is 15.4. The molecular weight excluding hydrogens is 294 g/mol. The molecular formula is C15H22ClNO4. The summed E-state index contributed by atoms with van der Waals surface area (Å²) >= 11 is 5.90. The molecule has 0 amide bonds. The van der Waals surface area contributed by atoms with Crippen molar-refractivity contribution in [2.75, 3.05) is 19.8 Å². The maximum absolute atomic E-state index is 11.4. The molecule has 0 saturated carbocycles. The van der Waals surface area contributed by atoms with Crippen molar-refractivity contribution in [3.05, 3.63) is 23.0 Å². The van der Waals surface area contributed by atoms with Crippen molar-refractivity contribution in [2.24, 2.45) is 0 Å². The number of rotatable bonds is 7. The minimum absolute atomic E-state index is 0.226. The highest BCUT2D eigenvalue weighted by atomic mass is 35.5. The van der Waals surface area contributed by atoms with E-state index >= 15 is 0 Å². The largest absolute Gasteiger partial charge is 0.488 e. The lowest BCUT2D eigenvalue weighted by atomic mass is 10.2. The van der Waals surface area contributed by atoms with Gasteiger partial charge in [0.2, 0.25) is 0 Å². The molecule has 1 heterocycles. The second kappa shape index (κ2) is 8.20. The van der Waals surface area contributed by atoms with Gasteiger partial charge in [-0.3, -0.25) is 4.79 Å². The van der Waals surface area contributed by atoms with Crippen molar-refractivity contribution in [3.63, 3.8) is 0 Å². The van der Waals surface area contributed by atoms with E-state index in [0.29, 0.717) is 30.7 Å². The zero-order chi connectivity index (χ0) is 15.9. The van der Waals surface area contributed by atoms with E-state index in [1.165, 1.54) is 0 Å². The van der Waals surface area contributed by atoms with Gasteiger partial charge in [0, 0.05) is 6.20 Å². The van der Waals surface area contributed by atoms with Crippen molar-refractivity contribution in [2.45, 2.75) is 39.7 Å². The maximum atomic E-state index is 11.4. The van der Waals surface area contributed by atoms with Crippen molar-refractivity contribution >= 4 is 17.6 Å². The van der Waals surface area contributed by atoms with Gasteiger partial charge in [0.25, 0.3) is 0 Å². The predicted octanol–water partition coefficient (Wildman–Crippen LogP) is 3.17. The summed E-state index contributed by atoms with van der Waals surface area (Å²) in [6, 6.07) is 1.82. The van der Waals surface area contributed by atoms with E-state index in [4.69, 9.17) is 25.8 Å². The summed E-state index contributed by atoms with van der Waals surface area (Å²) in [6.45, 7) is 8.43. The van der Waals surface area contributed by atoms with Crippen LogP contribution in [-0.4, -0.2) is 36.4 Å². The quantitative estimate of drug-likeness (QED) is 0.439. The summed E-state index contributed by atoms with van der Waals surface area (Å²) in [5.74, 6) is 0.266. The van der Waals surface area contributed by atoms with Crippen LogP contribution in [0.5, 0.6) is 5.75 Å². The topological polar surface area (TPSA) is 57.7 Å². The molecule has 0 bridgehead atoms. The fraction of sp³-hybridized carbons (Fsp3) is 0.600. The zero-order valence-corrected chi connectivity index (χ0v) is 13.7. The van der Waals surface area contributed by atoms with E-state index in [1.54, 1.807) is 6.20 Å². The van der Waals surface area contributed by atoms with Crippen LogP contribution < -0.4 is 4.74 Å². The van der Waals surface area contributed by atoms with Gasteiger partial charge in [-0.25, -0.2) is 4.98 Å². The van der Waals surface area contributed by atoms with Gasteiger partial charge in [-0.05, 0) is 39.3 Å². The Bertz CT molecular complexity index is 471. The Kier molecular flexibility index (Phi) is 6.92. The second-order valence-corrected chi connectivity index (χ2v) is 5.96. The number of carbonyl (C=O) groups excluding carboxylic acids is 1. The van der Waals surface area contributed by atoms with Crippen molar-refractivity contribution in [3.8, 4) is 5.75 Å². The van der Waals surface area contributed by atoms with Crippen molar-refractivity contribution in [1.29, 1.82) is 0 Å². The molecule has 0 atom stereocenters. The number of halogens is 1. The fourth-order valence-corrected chi connectivity index (χ4v) is 1.65. The molecule has 5 nitrogen and oxygen atoms in total. The Labute approximate surface area is 130 Å². The summed E-state index contributed by atoms with van der Waals surface area (Å²) in [5.41, 5.74) is 0.509. The Morgan fingerprint density at radius 1 is 1.29 bits per heavy atom. The van der Waals surface area contributed by atoms with Gasteiger partial charge in [0.15, 0.2) is 10.9 Å². The molecule has 1 aromatic rings. The number of hydrogen-bond donors (Lipinski definition) is 0. The lowest BCUT2D eigenvalue weighted by Gasteiger charge is -2.19. The molecule has 0 spiro atoms. The Morgan fingerprint density at radius 2 is 2.00 bits per heavy atom. The molecule has 6 heteroatoms. The first-order chi connectivity index (χ1) is 9.78. The molecule has 1 aromatic heterocycles. The average Bonchev–Trinajstić information content (AvgIpc) is 2.35. The highest BCUT2D eigenvalue weighted by Gasteiger charge is 2.15. The third-order valence-corrected chi connectivity index (χ3v) is 2.58. The zero-order valence-electron chi connectivity index (χ0n) is 12.9. The third-order valence-electron chi connectivity index (χ3n) is 2.30.